The van der Waals surface area contributed by atoms with Gasteiger partial charge >= 0.3 is 0 Å². The van der Waals surface area contributed by atoms with Gasteiger partial charge in [-0.2, -0.15) is 5.10 Å². The number of aromatic amines is 1. The lowest BCUT2D eigenvalue weighted by molar-refractivity contribution is -0.895. The Morgan fingerprint density at radius 3 is 2.38 bits per heavy atom. The van der Waals surface area contributed by atoms with Crippen molar-refractivity contribution in [3.63, 3.8) is 0 Å². The number of hydrogen-bond donors (Lipinski definition) is 3. The van der Waals surface area contributed by atoms with Gasteiger partial charge in [0.2, 0.25) is 5.91 Å². The molecule has 0 unspecified atom stereocenters. The van der Waals surface area contributed by atoms with Crippen molar-refractivity contribution >= 4 is 40.7 Å². The van der Waals surface area contributed by atoms with Gasteiger partial charge in [-0.05, 0) is 30.3 Å². The largest absolute Gasteiger partial charge is 0.397 e. The Morgan fingerprint density at radius 2 is 1.73 bits per heavy atom. The first-order chi connectivity index (χ1) is 22.9. The van der Waals surface area contributed by atoms with E-state index in [4.69, 9.17) is 17.3 Å². The zero-order valence-electron chi connectivity index (χ0n) is 26.5. The van der Waals surface area contributed by atoms with Gasteiger partial charge in [0.1, 0.15) is 5.69 Å². The number of benzene rings is 1. The summed E-state index contributed by atoms with van der Waals surface area (Å²) < 4.78 is 29.8. The SMILES string of the molecule is C[N+]1(C)CCC(C(=O)N2CCN(C(=O)c3ccc(NC(=O)c4ncc(-c5cn(-c6ccc(N)cn6)nc5C(F)F)[nH]4)cc3Cl)CC2)CC1. The first-order valence-electron chi connectivity index (χ1n) is 15.5. The van der Waals surface area contributed by atoms with Crippen molar-refractivity contribution in [1.82, 2.24) is 34.5 Å². The van der Waals surface area contributed by atoms with Crippen LogP contribution in [-0.4, -0.2) is 110 Å². The molecule has 2 fully saturated rings. The van der Waals surface area contributed by atoms with Crippen molar-refractivity contribution < 1.29 is 27.6 Å². The van der Waals surface area contributed by atoms with E-state index in [0.29, 0.717) is 37.6 Å². The molecule has 48 heavy (non-hydrogen) atoms. The summed E-state index contributed by atoms with van der Waals surface area (Å²) in [5.74, 6) is -0.558. The summed E-state index contributed by atoms with van der Waals surface area (Å²) in [5, 5.41) is 6.76. The molecular formula is C32H36ClF2N10O3+. The number of anilines is 2. The molecule has 0 saturated carbocycles. The molecule has 2 saturated heterocycles. The van der Waals surface area contributed by atoms with E-state index in [-0.39, 0.29) is 51.2 Å². The highest BCUT2D eigenvalue weighted by Crippen LogP contribution is 2.31. The fraction of sp³-hybridized carbons (Fsp3) is 0.375. The Labute approximate surface area is 280 Å². The Morgan fingerprint density at radius 1 is 1.02 bits per heavy atom. The molecule has 1 aromatic carbocycles. The molecule has 13 nitrogen and oxygen atoms in total. The third-order valence-corrected chi connectivity index (χ3v) is 9.20. The average Bonchev–Trinajstić information content (AvgIpc) is 3.73. The van der Waals surface area contributed by atoms with Crippen LogP contribution in [0.15, 0.2) is 48.9 Å². The molecule has 6 rings (SSSR count). The number of aromatic nitrogens is 5. The monoisotopic (exact) mass is 681 g/mol. The third kappa shape index (κ3) is 7.01. The van der Waals surface area contributed by atoms with Crippen LogP contribution in [0.4, 0.5) is 20.2 Å². The smallest absolute Gasteiger partial charge is 0.291 e. The molecule has 4 N–H and O–H groups in total. The van der Waals surface area contributed by atoms with Gasteiger partial charge in [-0.25, -0.2) is 23.4 Å². The van der Waals surface area contributed by atoms with Gasteiger partial charge < -0.3 is 30.3 Å². The molecular weight excluding hydrogens is 646 g/mol. The minimum Gasteiger partial charge on any atom is -0.397 e. The number of nitrogens with one attached hydrogen (secondary N) is 2. The molecule has 2 aliphatic heterocycles. The number of nitrogens with two attached hydrogens (primary N) is 1. The number of hydrogen-bond acceptors (Lipinski definition) is 7. The lowest BCUT2D eigenvalue weighted by atomic mass is 9.94. The number of nitrogen functional groups attached to an aromatic ring is 1. The number of halogens is 3. The Hall–Kier alpha value is -4.89. The normalized spacial score (nSPS) is 16.7. The molecule has 0 bridgehead atoms. The van der Waals surface area contributed by atoms with Crippen LogP contribution in [0.2, 0.25) is 5.02 Å². The van der Waals surface area contributed by atoms with Crippen LogP contribution in [0.5, 0.6) is 0 Å². The number of carbonyl (C=O) groups excluding carboxylic acids is 3. The Bertz CT molecular complexity index is 1820. The molecule has 0 radical (unpaired) electrons. The second-order valence-electron chi connectivity index (χ2n) is 12.7. The maximum absolute atomic E-state index is 13.9. The van der Waals surface area contributed by atoms with E-state index in [1.54, 1.807) is 17.0 Å². The van der Waals surface area contributed by atoms with Gasteiger partial charge in [0.25, 0.3) is 18.2 Å². The van der Waals surface area contributed by atoms with Crippen LogP contribution in [0.25, 0.3) is 17.1 Å². The molecule has 252 valence electrons. The number of rotatable bonds is 7. The number of H-pyrrole nitrogens is 1. The number of pyridine rings is 1. The molecule has 3 aromatic heterocycles. The molecule has 0 aliphatic carbocycles. The van der Waals surface area contributed by atoms with Crippen molar-refractivity contribution in [3.05, 3.63) is 71.0 Å². The quantitative estimate of drug-likeness (QED) is 0.250. The Balaban J connectivity index is 1.07. The first-order valence-corrected chi connectivity index (χ1v) is 15.9. The number of piperidine rings is 1. The van der Waals surface area contributed by atoms with Gasteiger partial charge in [-0.1, -0.05) is 11.6 Å². The standard InChI is InChI=1S/C32H35ClF2N10O3/c1-45(2)13-7-19(8-14-45)31(47)42-9-11-43(12-10-42)32(48)22-5-4-21(15-24(22)33)39-30(46)29-38-17-25(40-29)23-18-44(41-27(23)28(34)35)26-6-3-20(36)16-37-26/h3-6,15-19,28H,7-14,36H2,1-2H3,(H-,38,39,40,46,48)/p+1. The third-order valence-electron chi connectivity index (χ3n) is 8.89. The van der Waals surface area contributed by atoms with E-state index in [1.807, 2.05) is 4.90 Å². The van der Waals surface area contributed by atoms with E-state index in [9.17, 15) is 23.2 Å². The summed E-state index contributed by atoms with van der Waals surface area (Å²) in [6, 6.07) is 7.64. The number of nitrogens with zero attached hydrogens (tertiary/aromatic N) is 7. The predicted molar refractivity (Wildman–Crippen MR) is 175 cm³/mol. The van der Waals surface area contributed by atoms with Crippen LogP contribution >= 0.6 is 11.6 Å². The van der Waals surface area contributed by atoms with Crippen molar-refractivity contribution in [1.29, 1.82) is 0 Å². The van der Waals surface area contributed by atoms with Crippen molar-refractivity contribution in [2.24, 2.45) is 5.92 Å². The van der Waals surface area contributed by atoms with Crippen molar-refractivity contribution in [3.8, 4) is 17.1 Å². The van der Waals surface area contributed by atoms with Gasteiger partial charge in [-0.3, -0.25) is 14.4 Å². The zero-order chi connectivity index (χ0) is 34.2. The molecule has 3 amide bonds. The number of likely N-dealkylation sites (tertiary alicyclic amines) is 1. The summed E-state index contributed by atoms with van der Waals surface area (Å²) in [6.45, 7) is 3.69. The van der Waals surface area contributed by atoms with E-state index in [2.05, 4.69) is 39.5 Å². The van der Waals surface area contributed by atoms with Crippen LogP contribution in [0, 0.1) is 5.92 Å². The lowest BCUT2D eigenvalue weighted by Crippen LogP contribution is -2.54. The highest BCUT2D eigenvalue weighted by atomic mass is 35.5. The number of alkyl halides is 2. The van der Waals surface area contributed by atoms with Gasteiger partial charge in [0.05, 0.1) is 61.5 Å². The number of carbonyl (C=O) groups is 3. The molecule has 4 aromatic rings. The van der Waals surface area contributed by atoms with E-state index in [0.717, 1.165) is 30.4 Å². The van der Waals surface area contributed by atoms with E-state index in [1.165, 1.54) is 41.5 Å². The minimum absolute atomic E-state index is 0.0374. The summed E-state index contributed by atoms with van der Waals surface area (Å²) in [6.07, 6.45) is 2.85. The minimum atomic E-state index is -2.90. The van der Waals surface area contributed by atoms with Crippen LogP contribution in [0.1, 0.15) is 45.9 Å². The van der Waals surface area contributed by atoms with Crippen molar-refractivity contribution in [2.45, 2.75) is 19.3 Å². The summed E-state index contributed by atoms with van der Waals surface area (Å²) >= 11 is 6.49. The predicted octanol–water partition coefficient (Wildman–Crippen LogP) is 3.85. The van der Waals surface area contributed by atoms with Crippen LogP contribution in [-0.2, 0) is 4.79 Å². The molecule has 0 atom stereocenters. The average molecular weight is 682 g/mol. The number of imidazole rings is 1. The molecule has 0 spiro atoms. The fourth-order valence-electron chi connectivity index (χ4n) is 6.01. The number of quaternary nitrogens is 1. The molecule has 5 heterocycles. The second kappa shape index (κ2) is 13.3. The Kier molecular flexibility index (Phi) is 9.16. The van der Waals surface area contributed by atoms with Gasteiger partial charge in [0, 0.05) is 62.4 Å². The lowest BCUT2D eigenvalue weighted by Gasteiger charge is -2.40. The summed E-state index contributed by atoms with van der Waals surface area (Å²) in [4.78, 5) is 53.9. The van der Waals surface area contributed by atoms with E-state index < -0.39 is 18.0 Å². The second-order valence-corrected chi connectivity index (χ2v) is 13.1. The maximum atomic E-state index is 13.9. The number of piperazine rings is 1. The van der Waals surface area contributed by atoms with E-state index >= 15 is 0 Å². The maximum Gasteiger partial charge on any atom is 0.291 e. The highest BCUT2D eigenvalue weighted by Gasteiger charge is 2.35. The first kappa shape index (κ1) is 33.0. The summed E-state index contributed by atoms with van der Waals surface area (Å²) in [5.41, 5.74) is 6.33. The highest BCUT2D eigenvalue weighted by molar-refractivity contribution is 6.34. The van der Waals surface area contributed by atoms with Gasteiger partial charge in [0.15, 0.2) is 11.6 Å². The van der Waals surface area contributed by atoms with Crippen molar-refractivity contribution in [2.75, 3.05) is 64.4 Å². The fourth-order valence-corrected chi connectivity index (χ4v) is 6.27. The molecule has 2 aliphatic rings. The summed E-state index contributed by atoms with van der Waals surface area (Å²) in [7, 11) is 4.36. The topological polar surface area (TPSA) is 155 Å². The zero-order valence-corrected chi connectivity index (χ0v) is 27.3. The van der Waals surface area contributed by atoms with Gasteiger partial charge in [-0.15, -0.1) is 0 Å². The van der Waals surface area contributed by atoms with Crippen LogP contribution < -0.4 is 11.1 Å². The number of amides is 3. The molecule has 16 heteroatoms. The van der Waals surface area contributed by atoms with Crippen LogP contribution in [0.3, 0.4) is 0 Å².